The van der Waals surface area contributed by atoms with E-state index in [1.165, 1.54) is 58.8 Å². The van der Waals surface area contributed by atoms with E-state index in [9.17, 15) is 34.8 Å². The van der Waals surface area contributed by atoms with Gasteiger partial charge in [0.2, 0.25) is 10.0 Å². The number of nitrogens with zero attached hydrogens (tertiary/aromatic N) is 5. The first-order valence-electron chi connectivity index (χ1n) is 11.8. The number of benzene rings is 3. The van der Waals surface area contributed by atoms with Gasteiger partial charge in [0, 0.05) is 11.8 Å². The zero-order valence-electron chi connectivity index (χ0n) is 21.2. The molecule has 5 rings (SSSR count). The molecule has 16 heteroatoms. The van der Waals surface area contributed by atoms with Gasteiger partial charge in [0.25, 0.3) is 0 Å². The average molecular weight is 609 g/mol. The van der Waals surface area contributed by atoms with E-state index >= 15 is 0 Å². The zero-order chi connectivity index (χ0) is 30.4. The Labute approximate surface area is 233 Å². The van der Waals surface area contributed by atoms with Gasteiger partial charge in [-0.3, -0.25) is 0 Å². The van der Waals surface area contributed by atoms with E-state index in [0.717, 1.165) is 18.3 Å². The van der Waals surface area contributed by atoms with E-state index in [1.54, 1.807) is 18.2 Å². The number of nitrogens with two attached hydrogens (primary N) is 1. The molecule has 2 heterocycles. The summed E-state index contributed by atoms with van der Waals surface area (Å²) in [6, 6.07) is 15.2. The summed E-state index contributed by atoms with van der Waals surface area (Å²) in [6.07, 6.45) is -7.48. The molecular formula is C26H18F6N6O3S. The molecular weight excluding hydrogens is 590 g/mol. The first-order valence-corrected chi connectivity index (χ1v) is 13.3. The van der Waals surface area contributed by atoms with E-state index < -0.39 is 34.0 Å². The Balaban J connectivity index is 1.69. The Morgan fingerprint density at radius 1 is 0.857 bits per heavy atom. The molecule has 5 aromatic rings. The lowest BCUT2D eigenvalue weighted by Crippen LogP contribution is -2.16. The van der Waals surface area contributed by atoms with Crippen molar-refractivity contribution in [3.63, 3.8) is 0 Å². The van der Waals surface area contributed by atoms with Gasteiger partial charge in [0.15, 0.2) is 5.69 Å². The number of sulfonamides is 1. The molecule has 0 saturated carbocycles. The van der Waals surface area contributed by atoms with Crippen molar-refractivity contribution in [1.29, 1.82) is 0 Å². The molecule has 0 atom stereocenters. The highest BCUT2D eigenvalue weighted by atomic mass is 32.2. The minimum absolute atomic E-state index is 0.00265. The van der Waals surface area contributed by atoms with Crippen molar-refractivity contribution in [3.8, 4) is 39.5 Å². The second-order valence-electron chi connectivity index (χ2n) is 8.92. The van der Waals surface area contributed by atoms with Crippen molar-refractivity contribution < 1.29 is 39.5 Å². The predicted molar refractivity (Wildman–Crippen MR) is 137 cm³/mol. The third kappa shape index (κ3) is 5.99. The smallest absolute Gasteiger partial charge is 0.406 e. The molecule has 0 spiro atoms. The molecule has 2 N–H and O–H groups in total. The number of imidazole rings is 1. The first-order chi connectivity index (χ1) is 19.6. The summed E-state index contributed by atoms with van der Waals surface area (Å²) in [5.74, 6) is -0.459. The van der Waals surface area contributed by atoms with Crippen molar-refractivity contribution in [2.75, 3.05) is 0 Å². The fraction of sp³-hybridized carbons (Fsp3) is 0.115. The minimum Gasteiger partial charge on any atom is -0.406 e. The maximum Gasteiger partial charge on any atom is 0.573 e. The van der Waals surface area contributed by atoms with Crippen LogP contribution >= 0.6 is 0 Å². The highest BCUT2D eigenvalue weighted by molar-refractivity contribution is 7.89. The standard InChI is InChI=1S/C26H18F6N6O3S/c1-15-35-24(25(27,28)29)14-37(15)21-10-7-18(17-3-2-4-20(11-17)42(33,39)40)12-22(21)38-23(13-34-36-38)16-5-8-19(9-6-16)41-26(30,31)32/h2-14H,1H3,(H2,33,39,40). The molecule has 218 valence electrons. The topological polar surface area (TPSA) is 118 Å². The van der Waals surface area contributed by atoms with Crippen molar-refractivity contribution >= 4 is 10.0 Å². The largest absolute Gasteiger partial charge is 0.573 e. The van der Waals surface area contributed by atoms with Gasteiger partial charge in [0.05, 0.1) is 28.2 Å². The number of aromatic nitrogens is 5. The van der Waals surface area contributed by atoms with Gasteiger partial charge in [-0.25, -0.2) is 23.2 Å². The number of aryl methyl sites for hydroxylation is 1. The quantitative estimate of drug-likeness (QED) is 0.249. The molecule has 2 aromatic heterocycles. The minimum atomic E-state index is -4.89. The lowest BCUT2D eigenvalue weighted by atomic mass is 10.0. The van der Waals surface area contributed by atoms with E-state index in [0.29, 0.717) is 16.7 Å². The van der Waals surface area contributed by atoms with Gasteiger partial charge in [-0.05, 0) is 66.6 Å². The maximum atomic E-state index is 13.5. The summed E-state index contributed by atoms with van der Waals surface area (Å²) in [4.78, 5) is 3.47. The van der Waals surface area contributed by atoms with Crippen molar-refractivity contribution in [2.24, 2.45) is 5.14 Å². The number of halogens is 6. The van der Waals surface area contributed by atoms with Gasteiger partial charge in [-0.15, -0.1) is 18.3 Å². The highest BCUT2D eigenvalue weighted by Gasteiger charge is 2.35. The van der Waals surface area contributed by atoms with Crippen molar-refractivity contribution in [1.82, 2.24) is 24.5 Å². The molecule has 0 fully saturated rings. The molecule has 0 aliphatic rings. The molecule has 0 radical (unpaired) electrons. The van der Waals surface area contributed by atoms with Gasteiger partial charge < -0.3 is 9.30 Å². The van der Waals surface area contributed by atoms with Crippen LogP contribution in [0.2, 0.25) is 0 Å². The monoisotopic (exact) mass is 608 g/mol. The Bertz CT molecular complexity index is 1880. The Morgan fingerprint density at radius 2 is 1.52 bits per heavy atom. The molecule has 0 amide bonds. The molecule has 0 unspecified atom stereocenters. The third-order valence-corrected chi connectivity index (χ3v) is 6.98. The van der Waals surface area contributed by atoms with Crippen LogP contribution in [0.1, 0.15) is 11.5 Å². The Morgan fingerprint density at radius 3 is 2.14 bits per heavy atom. The van der Waals surface area contributed by atoms with Crippen molar-refractivity contribution in [3.05, 3.63) is 90.6 Å². The Hall–Kier alpha value is -4.70. The maximum absolute atomic E-state index is 13.5. The zero-order valence-corrected chi connectivity index (χ0v) is 22.0. The van der Waals surface area contributed by atoms with Crippen LogP contribution in [-0.2, 0) is 16.2 Å². The fourth-order valence-electron chi connectivity index (χ4n) is 4.22. The third-order valence-electron chi connectivity index (χ3n) is 6.06. The van der Waals surface area contributed by atoms with Crippen LogP contribution in [0.4, 0.5) is 26.3 Å². The van der Waals surface area contributed by atoms with Crippen LogP contribution in [0.25, 0.3) is 33.8 Å². The summed E-state index contributed by atoms with van der Waals surface area (Å²) >= 11 is 0. The average Bonchev–Trinajstić information content (AvgIpc) is 3.54. The van der Waals surface area contributed by atoms with Crippen LogP contribution in [0.3, 0.4) is 0 Å². The fourth-order valence-corrected chi connectivity index (χ4v) is 4.78. The van der Waals surface area contributed by atoms with Gasteiger partial charge >= 0.3 is 12.5 Å². The number of primary sulfonamides is 1. The van der Waals surface area contributed by atoms with Crippen LogP contribution in [0.5, 0.6) is 5.75 Å². The molecule has 0 aliphatic heterocycles. The lowest BCUT2D eigenvalue weighted by Gasteiger charge is -2.16. The molecule has 0 aliphatic carbocycles. The SMILES string of the molecule is Cc1nc(C(F)(F)F)cn1-c1ccc(-c2cccc(S(N)(=O)=O)c2)cc1-n1nncc1-c1ccc(OC(F)(F)F)cc1. The van der Waals surface area contributed by atoms with Crippen LogP contribution in [0, 0.1) is 6.92 Å². The number of alkyl halides is 6. The van der Waals surface area contributed by atoms with E-state index in [4.69, 9.17) is 5.14 Å². The molecule has 42 heavy (non-hydrogen) atoms. The lowest BCUT2D eigenvalue weighted by molar-refractivity contribution is -0.274. The molecule has 0 saturated heterocycles. The van der Waals surface area contributed by atoms with Gasteiger partial charge in [0.1, 0.15) is 11.6 Å². The summed E-state index contributed by atoms with van der Waals surface area (Å²) in [7, 11) is -4.04. The second kappa shape index (κ2) is 10.3. The summed E-state index contributed by atoms with van der Waals surface area (Å²) in [5.41, 5.74) is 0.775. The highest BCUT2D eigenvalue weighted by Crippen LogP contribution is 2.34. The predicted octanol–water partition coefficient (Wildman–Crippen LogP) is 5.66. The summed E-state index contributed by atoms with van der Waals surface area (Å²) < 4.78 is 108. The normalized spacial score (nSPS) is 12.5. The van der Waals surface area contributed by atoms with Gasteiger partial charge in [-0.1, -0.05) is 23.4 Å². The molecule has 9 nitrogen and oxygen atoms in total. The first kappa shape index (κ1) is 28.8. The molecule has 3 aromatic carbocycles. The van der Waals surface area contributed by atoms with Gasteiger partial charge in [-0.2, -0.15) is 13.2 Å². The second-order valence-corrected chi connectivity index (χ2v) is 10.5. The van der Waals surface area contributed by atoms with Crippen LogP contribution < -0.4 is 9.88 Å². The van der Waals surface area contributed by atoms with E-state index in [1.807, 2.05) is 0 Å². The van der Waals surface area contributed by atoms with Crippen LogP contribution in [0.15, 0.2) is 84.0 Å². The number of hydrogen-bond acceptors (Lipinski definition) is 6. The Kier molecular flexibility index (Phi) is 7.06. The summed E-state index contributed by atoms with van der Waals surface area (Å²) in [5, 5.41) is 13.3. The number of rotatable bonds is 6. The molecule has 0 bridgehead atoms. The van der Waals surface area contributed by atoms with Crippen molar-refractivity contribution in [2.45, 2.75) is 24.4 Å². The van der Waals surface area contributed by atoms with Crippen LogP contribution in [-0.4, -0.2) is 39.3 Å². The summed E-state index contributed by atoms with van der Waals surface area (Å²) in [6.45, 7) is 1.38. The number of ether oxygens (including phenoxy) is 1. The van der Waals surface area contributed by atoms with E-state index in [-0.39, 0.29) is 27.8 Å². The van der Waals surface area contributed by atoms with E-state index in [2.05, 4.69) is 20.0 Å². The number of hydrogen-bond donors (Lipinski definition) is 1.